The van der Waals surface area contributed by atoms with Crippen LogP contribution in [-0.2, 0) is 4.79 Å². The molecule has 2 atom stereocenters. The van der Waals surface area contributed by atoms with Gasteiger partial charge in [-0.2, -0.15) is 0 Å². The summed E-state index contributed by atoms with van der Waals surface area (Å²) in [4.78, 5) is 26.2. The number of hydrazine groups is 1. The third-order valence-corrected chi connectivity index (χ3v) is 8.31. The van der Waals surface area contributed by atoms with E-state index in [9.17, 15) is 9.59 Å². The Morgan fingerprint density at radius 3 is 2.08 bits per heavy atom. The number of thiophene rings is 1. The second kappa shape index (κ2) is 10.6. The molecule has 0 spiro atoms. The molecule has 2 unspecified atom stereocenters. The summed E-state index contributed by atoms with van der Waals surface area (Å²) in [5.74, 6) is 1.67. The molecule has 1 N–H and O–H groups in total. The van der Waals surface area contributed by atoms with Crippen LogP contribution in [0.3, 0.4) is 0 Å². The maximum atomic E-state index is 13.3. The Hall–Kier alpha value is -4.04. The summed E-state index contributed by atoms with van der Waals surface area (Å²) in [5.41, 5.74) is 3.43. The number of nitrogens with one attached hydrogen (secondary N) is 1. The fraction of sp³-hybridized carbons (Fsp3) is 0.0667. The van der Waals surface area contributed by atoms with Gasteiger partial charge in [0.25, 0.3) is 11.8 Å². The fourth-order valence-electron chi connectivity index (χ4n) is 4.32. The van der Waals surface area contributed by atoms with Gasteiger partial charge in [-0.25, -0.2) is 5.01 Å². The lowest BCUT2D eigenvalue weighted by atomic mass is 9.95. The van der Waals surface area contributed by atoms with Crippen molar-refractivity contribution in [3.8, 4) is 23.0 Å². The van der Waals surface area contributed by atoms with Gasteiger partial charge in [0.05, 0.1) is 5.02 Å². The van der Waals surface area contributed by atoms with Crippen molar-refractivity contribution >= 4 is 56.4 Å². The van der Waals surface area contributed by atoms with Gasteiger partial charge in [-0.15, -0.1) is 22.9 Å². The van der Waals surface area contributed by atoms with E-state index in [1.54, 1.807) is 12.1 Å². The molecule has 39 heavy (non-hydrogen) atoms. The highest BCUT2D eigenvalue weighted by atomic mass is 35.5. The van der Waals surface area contributed by atoms with Gasteiger partial charge < -0.3 is 9.47 Å². The maximum Gasteiger partial charge on any atom is 0.281 e. The van der Waals surface area contributed by atoms with Gasteiger partial charge in [-0.1, -0.05) is 60.1 Å². The van der Waals surface area contributed by atoms with Crippen molar-refractivity contribution in [3.63, 3.8) is 0 Å². The number of rotatable bonds is 7. The molecular weight excluding hydrogens is 555 g/mol. The van der Waals surface area contributed by atoms with Crippen molar-refractivity contribution in [1.29, 1.82) is 0 Å². The number of hydrogen-bond donors (Lipinski definition) is 1. The summed E-state index contributed by atoms with van der Waals surface area (Å²) >= 11 is 14.3. The quantitative estimate of drug-likeness (QED) is 0.158. The Labute approximate surface area is 238 Å². The van der Waals surface area contributed by atoms with Gasteiger partial charge in [0, 0.05) is 10.1 Å². The molecule has 0 radical (unpaired) electrons. The number of benzene rings is 4. The molecule has 4 aromatic carbocycles. The number of fused-ring (bicyclic) bond motifs is 1. The van der Waals surface area contributed by atoms with Crippen molar-refractivity contribution in [2.24, 2.45) is 0 Å². The summed E-state index contributed by atoms with van der Waals surface area (Å²) in [6.45, 7) is 0. The van der Waals surface area contributed by atoms with E-state index in [4.69, 9.17) is 32.7 Å². The first-order valence-corrected chi connectivity index (χ1v) is 13.7. The minimum absolute atomic E-state index is 0.286. The van der Waals surface area contributed by atoms with Gasteiger partial charge >= 0.3 is 0 Å². The molecule has 0 saturated carbocycles. The number of para-hydroxylation sites is 2. The van der Waals surface area contributed by atoms with Crippen LogP contribution in [0.2, 0.25) is 5.02 Å². The zero-order chi connectivity index (χ0) is 26.9. The van der Waals surface area contributed by atoms with Crippen LogP contribution >= 0.6 is 34.5 Å². The van der Waals surface area contributed by atoms with Crippen LogP contribution < -0.4 is 14.9 Å². The number of β-lactam (4-membered cyclic amide) rings is 1. The van der Waals surface area contributed by atoms with E-state index in [0.29, 0.717) is 28.4 Å². The number of alkyl halides is 1. The standard InChI is InChI=1S/C30H20Cl2N2O4S/c31-25-23-17-22(38-20-11-5-2-6-12-20)14-15-24(23)39-28(25)29(35)33-34-27(26(32)30(34)36)18-8-7-13-21(16-18)37-19-9-3-1-4-10-19/h1-17,26-27H,(H,33,35). The first-order chi connectivity index (χ1) is 19.0. The van der Waals surface area contributed by atoms with Crippen molar-refractivity contribution in [1.82, 2.24) is 10.4 Å². The summed E-state index contributed by atoms with van der Waals surface area (Å²) in [5, 5.41) is 1.39. The average Bonchev–Trinajstić information content (AvgIpc) is 3.29. The molecule has 2 heterocycles. The summed E-state index contributed by atoms with van der Waals surface area (Å²) in [6, 6.07) is 30.9. The van der Waals surface area contributed by atoms with Crippen molar-refractivity contribution in [3.05, 3.63) is 119 Å². The predicted octanol–water partition coefficient (Wildman–Crippen LogP) is 7.98. The van der Waals surface area contributed by atoms with E-state index >= 15 is 0 Å². The highest BCUT2D eigenvalue weighted by Gasteiger charge is 2.48. The Kier molecular flexibility index (Phi) is 6.87. The molecule has 2 amide bonds. The van der Waals surface area contributed by atoms with Gasteiger partial charge in [0.2, 0.25) is 0 Å². The number of ether oxygens (including phenoxy) is 2. The lowest BCUT2D eigenvalue weighted by Gasteiger charge is -2.43. The summed E-state index contributed by atoms with van der Waals surface area (Å²) in [7, 11) is 0. The van der Waals surface area contributed by atoms with Crippen LogP contribution in [-0.4, -0.2) is 22.2 Å². The second-order valence-electron chi connectivity index (χ2n) is 8.80. The van der Waals surface area contributed by atoms with Crippen molar-refractivity contribution in [2.45, 2.75) is 11.4 Å². The number of nitrogens with zero attached hydrogens (tertiary/aromatic N) is 1. The van der Waals surface area contributed by atoms with E-state index in [1.807, 2.05) is 91.0 Å². The third kappa shape index (κ3) is 5.04. The predicted molar refractivity (Wildman–Crippen MR) is 153 cm³/mol. The molecule has 1 saturated heterocycles. The highest BCUT2D eigenvalue weighted by Crippen LogP contribution is 2.41. The summed E-state index contributed by atoms with van der Waals surface area (Å²) < 4.78 is 12.6. The molecule has 1 fully saturated rings. The molecule has 9 heteroatoms. The lowest BCUT2D eigenvalue weighted by Crippen LogP contribution is -2.63. The van der Waals surface area contributed by atoms with Crippen molar-refractivity contribution < 1.29 is 19.1 Å². The molecular formula is C30H20Cl2N2O4S. The summed E-state index contributed by atoms with van der Waals surface area (Å²) in [6.07, 6.45) is 0. The lowest BCUT2D eigenvalue weighted by molar-refractivity contribution is -0.149. The van der Waals surface area contributed by atoms with Crippen LogP contribution in [0.5, 0.6) is 23.0 Å². The van der Waals surface area contributed by atoms with Crippen LogP contribution in [0, 0.1) is 0 Å². The minimum Gasteiger partial charge on any atom is -0.457 e. The molecule has 5 aromatic rings. The van der Waals surface area contributed by atoms with Gasteiger partial charge in [0.1, 0.15) is 39.3 Å². The maximum absolute atomic E-state index is 13.3. The van der Waals surface area contributed by atoms with E-state index in [-0.39, 0.29) is 9.90 Å². The zero-order valence-corrected chi connectivity index (χ0v) is 22.5. The largest absolute Gasteiger partial charge is 0.457 e. The topological polar surface area (TPSA) is 67.9 Å². The molecule has 6 rings (SSSR count). The number of hydrogen-bond acceptors (Lipinski definition) is 5. The van der Waals surface area contributed by atoms with E-state index in [0.717, 1.165) is 10.3 Å². The molecule has 0 aliphatic carbocycles. The van der Waals surface area contributed by atoms with Crippen LogP contribution in [0.1, 0.15) is 21.3 Å². The Morgan fingerprint density at radius 2 is 1.41 bits per heavy atom. The SMILES string of the molecule is O=C(NN1C(=O)C(Cl)C1c1cccc(Oc2ccccc2)c1)c1sc2ccc(Oc3ccccc3)cc2c1Cl. The first-order valence-electron chi connectivity index (χ1n) is 12.0. The smallest absolute Gasteiger partial charge is 0.281 e. The van der Waals surface area contributed by atoms with Crippen LogP contribution in [0.15, 0.2) is 103 Å². The molecule has 194 valence electrons. The zero-order valence-electron chi connectivity index (χ0n) is 20.2. The molecule has 1 aromatic heterocycles. The molecule has 0 bridgehead atoms. The second-order valence-corrected chi connectivity index (χ2v) is 10.7. The Bertz CT molecular complexity index is 1680. The monoisotopic (exact) mass is 574 g/mol. The third-order valence-electron chi connectivity index (χ3n) is 6.21. The van der Waals surface area contributed by atoms with Gasteiger partial charge in [-0.05, 0) is 60.2 Å². The number of carbonyl (C=O) groups excluding carboxylic acids is 2. The van der Waals surface area contributed by atoms with Gasteiger partial charge in [-0.3, -0.25) is 15.0 Å². The molecule has 1 aliphatic heterocycles. The minimum atomic E-state index is -0.826. The Morgan fingerprint density at radius 1 is 0.795 bits per heavy atom. The van der Waals surface area contributed by atoms with Crippen LogP contribution in [0.4, 0.5) is 0 Å². The van der Waals surface area contributed by atoms with E-state index in [1.165, 1.54) is 16.3 Å². The number of amides is 2. The first kappa shape index (κ1) is 25.2. The molecule has 1 aliphatic rings. The van der Waals surface area contributed by atoms with Gasteiger partial charge in [0.15, 0.2) is 0 Å². The fourth-order valence-corrected chi connectivity index (χ4v) is 6.07. The normalized spacial score (nSPS) is 16.6. The highest BCUT2D eigenvalue weighted by molar-refractivity contribution is 7.21. The van der Waals surface area contributed by atoms with Crippen molar-refractivity contribution in [2.75, 3.05) is 0 Å². The van der Waals surface area contributed by atoms with E-state index in [2.05, 4.69) is 5.43 Å². The number of halogens is 2. The molecule has 6 nitrogen and oxygen atoms in total. The Balaban J connectivity index is 1.21. The average molecular weight is 575 g/mol. The van der Waals surface area contributed by atoms with Crippen LogP contribution in [0.25, 0.3) is 10.1 Å². The number of carbonyl (C=O) groups is 2. The van der Waals surface area contributed by atoms with E-state index < -0.39 is 23.2 Å².